The molecule has 0 bridgehead atoms. The van der Waals surface area contributed by atoms with Crippen LogP contribution in [-0.2, 0) is 6.61 Å². The van der Waals surface area contributed by atoms with Crippen LogP contribution in [0.4, 0.5) is 0 Å². The van der Waals surface area contributed by atoms with E-state index in [-0.39, 0.29) is 17.1 Å². The Hall–Kier alpha value is -3.53. The van der Waals surface area contributed by atoms with Gasteiger partial charge >= 0.3 is 0 Å². The predicted molar refractivity (Wildman–Crippen MR) is 114 cm³/mol. The molecule has 0 radical (unpaired) electrons. The van der Waals surface area contributed by atoms with Gasteiger partial charge in [-0.25, -0.2) is 0 Å². The van der Waals surface area contributed by atoms with Crippen molar-refractivity contribution in [2.75, 3.05) is 0 Å². The van der Waals surface area contributed by atoms with Gasteiger partial charge in [-0.1, -0.05) is 62.4 Å². The summed E-state index contributed by atoms with van der Waals surface area (Å²) in [6.07, 6.45) is 1.36. The maximum Gasteiger partial charge on any atom is 0.235 e. The molecular weight excluding hydrogens is 364 g/mol. The molecule has 3 aromatic carbocycles. The van der Waals surface area contributed by atoms with Crippen molar-refractivity contribution in [3.8, 4) is 17.2 Å². The summed E-state index contributed by atoms with van der Waals surface area (Å²) >= 11 is 0. The number of ether oxygens (including phenoxy) is 2. The zero-order chi connectivity index (χ0) is 20.2. The molecule has 4 rings (SSSR count). The quantitative estimate of drug-likeness (QED) is 0.391. The minimum Gasteiger partial charge on any atom is -0.489 e. The molecule has 0 saturated heterocycles. The van der Waals surface area contributed by atoms with E-state index < -0.39 is 0 Å². The van der Waals surface area contributed by atoms with Crippen molar-refractivity contribution in [2.45, 2.75) is 26.4 Å². The highest BCUT2D eigenvalue weighted by atomic mass is 16.5. The van der Waals surface area contributed by atoms with E-state index in [9.17, 15) is 4.79 Å². The van der Waals surface area contributed by atoms with Gasteiger partial charge in [-0.2, -0.15) is 0 Å². The molecule has 0 atom stereocenters. The van der Waals surface area contributed by atoms with Crippen molar-refractivity contribution >= 4 is 11.0 Å². The van der Waals surface area contributed by atoms with Crippen molar-refractivity contribution in [1.82, 2.24) is 0 Å². The first-order chi connectivity index (χ1) is 14.1. The van der Waals surface area contributed by atoms with Gasteiger partial charge in [0.15, 0.2) is 0 Å². The second kappa shape index (κ2) is 8.23. The monoisotopic (exact) mass is 386 g/mol. The Bertz CT molecular complexity index is 1180. The lowest BCUT2D eigenvalue weighted by atomic mass is 10.0. The first kappa shape index (κ1) is 18.8. The Balaban J connectivity index is 1.59. The van der Waals surface area contributed by atoms with Crippen LogP contribution in [-0.4, -0.2) is 0 Å². The van der Waals surface area contributed by atoms with E-state index in [1.807, 2.05) is 54.6 Å². The smallest absolute Gasteiger partial charge is 0.235 e. The van der Waals surface area contributed by atoms with Gasteiger partial charge < -0.3 is 13.9 Å². The summed E-state index contributed by atoms with van der Waals surface area (Å²) in [7, 11) is 0. The van der Waals surface area contributed by atoms with Crippen LogP contribution >= 0.6 is 0 Å². The summed E-state index contributed by atoms with van der Waals surface area (Å²) in [5.41, 5.74) is 2.36. The van der Waals surface area contributed by atoms with E-state index in [0.29, 0.717) is 29.1 Å². The summed E-state index contributed by atoms with van der Waals surface area (Å²) in [4.78, 5) is 12.9. The first-order valence-electron chi connectivity index (χ1n) is 9.61. The second-order valence-electron chi connectivity index (χ2n) is 7.16. The normalized spacial score (nSPS) is 11.0. The number of fused-ring (bicyclic) bond motifs is 1. The number of benzene rings is 3. The summed E-state index contributed by atoms with van der Waals surface area (Å²) in [6.45, 7) is 4.62. The largest absolute Gasteiger partial charge is 0.489 e. The number of hydrogen-bond donors (Lipinski definition) is 0. The molecule has 0 aliphatic carbocycles. The molecule has 1 aromatic heterocycles. The average molecular weight is 386 g/mol. The van der Waals surface area contributed by atoms with Crippen molar-refractivity contribution < 1.29 is 13.9 Å². The van der Waals surface area contributed by atoms with Gasteiger partial charge in [-0.3, -0.25) is 4.79 Å². The van der Waals surface area contributed by atoms with Crippen LogP contribution in [0.1, 0.15) is 30.9 Å². The minimum absolute atomic E-state index is 0.170. The topological polar surface area (TPSA) is 48.7 Å². The van der Waals surface area contributed by atoms with E-state index >= 15 is 0 Å². The third kappa shape index (κ3) is 4.16. The van der Waals surface area contributed by atoms with Gasteiger partial charge in [0.05, 0.1) is 5.39 Å². The fourth-order valence-electron chi connectivity index (χ4n) is 3.16. The molecule has 0 unspecified atom stereocenters. The molecule has 4 nitrogen and oxygen atoms in total. The van der Waals surface area contributed by atoms with Crippen LogP contribution in [0.5, 0.6) is 17.2 Å². The van der Waals surface area contributed by atoms with Crippen molar-refractivity contribution in [2.24, 2.45) is 0 Å². The molecule has 146 valence electrons. The number of hydrogen-bond acceptors (Lipinski definition) is 4. The molecule has 0 spiro atoms. The maximum atomic E-state index is 12.9. The molecule has 0 aliphatic heterocycles. The molecule has 29 heavy (non-hydrogen) atoms. The molecule has 0 saturated carbocycles. The van der Waals surface area contributed by atoms with E-state index in [4.69, 9.17) is 13.9 Å². The van der Waals surface area contributed by atoms with Crippen molar-refractivity contribution in [3.05, 3.63) is 100 Å². The summed E-state index contributed by atoms with van der Waals surface area (Å²) in [5, 5.41) is 0.455. The molecular formula is C25H22O4. The molecule has 1 heterocycles. The van der Waals surface area contributed by atoms with E-state index in [1.54, 1.807) is 18.2 Å². The fraction of sp³-hybridized carbons (Fsp3) is 0.160. The lowest BCUT2D eigenvalue weighted by Crippen LogP contribution is -2.06. The second-order valence-corrected chi connectivity index (χ2v) is 7.16. The third-order valence-electron chi connectivity index (χ3n) is 4.72. The van der Waals surface area contributed by atoms with E-state index in [2.05, 4.69) is 13.8 Å². The van der Waals surface area contributed by atoms with Crippen molar-refractivity contribution in [1.29, 1.82) is 0 Å². The fourth-order valence-corrected chi connectivity index (χ4v) is 3.16. The molecule has 0 N–H and O–H groups in total. The number of para-hydroxylation sites is 1. The highest BCUT2D eigenvalue weighted by molar-refractivity contribution is 5.79. The molecule has 4 aromatic rings. The van der Waals surface area contributed by atoms with Crippen LogP contribution in [0.15, 0.2) is 88.3 Å². The Kier molecular flexibility index (Phi) is 5.34. The summed E-state index contributed by atoms with van der Waals surface area (Å²) in [5.74, 6) is 1.76. The highest BCUT2D eigenvalue weighted by Crippen LogP contribution is 2.30. The Morgan fingerprint density at radius 3 is 2.45 bits per heavy atom. The maximum absolute atomic E-state index is 12.9. The minimum atomic E-state index is -0.209. The van der Waals surface area contributed by atoms with E-state index in [1.165, 1.54) is 6.26 Å². The predicted octanol–water partition coefficient (Wildman–Crippen LogP) is 6.29. The van der Waals surface area contributed by atoms with Gasteiger partial charge in [0, 0.05) is 6.07 Å². The van der Waals surface area contributed by atoms with Crippen LogP contribution < -0.4 is 14.9 Å². The Morgan fingerprint density at radius 1 is 0.897 bits per heavy atom. The highest BCUT2D eigenvalue weighted by Gasteiger charge is 2.13. The zero-order valence-corrected chi connectivity index (χ0v) is 16.4. The molecule has 0 fully saturated rings. The van der Waals surface area contributed by atoms with Gasteiger partial charge in [0.25, 0.3) is 0 Å². The lowest BCUT2D eigenvalue weighted by Gasteiger charge is -2.13. The van der Waals surface area contributed by atoms with Crippen LogP contribution in [0, 0.1) is 0 Å². The van der Waals surface area contributed by atoms with Gasteiger partial charge in [0.2, 0.25) is 11.2 Å². The molecule has 0 amide bonds. The van der Waals surface area contributed by atoms with Crippen molar-refractivity contribution in [3.63, 3.8) is 0 Å². The SMILES string of the molecule is CC(C)c1ccccc1Oc1coc2cc(OCc3ccccc3)ccc2c1=O. The van der Waals surface area contributed by atoms with Gasteiger partial charge in [0.1, 0.15) is 30.0 Å². The number of rotatable bonds is 6. The van der Waals surface area contributed by atoms with Gasteiger partial charge in [-0.05, 0) is 35.2 Å². The average Bonchev–Trinajstić information content (AvgIpc) is 2.75. The first-order valence-corrected chi connectivity index (χ1v) is 9.61. The Morgan fingerprint density at radius 2 is 1.66 bits per heavy atom. The summed E-state index contributed by atoms with van der Waals surface area (Å²) in [6, 6.07) is 22.8. The summed E-state index contributed by atoms with van der Waals surface area (Å²) < 4.78 is 17.4. The van der Waals surface area contributed by atoms with Crippen LogP contribution in [0.25, 0.3) is 11.0 Å². The van der Waals surface area contributed by atoms with Crippen LogP contribution in [0.2, 0.25) is 0 Å². The van der Waals surface area contributed by atoms with E-state index in [0.717, 1.165) is 11.1 Å². The Labute approximate surface area is 169 Å². The molecule has 0 aliphatic rings. The zero-order valence-electron chi connectivity index (χ0n) is 16.4. The third-order valence-corrected chi connectivity index (χ3v) is 4.72. The lowest BCUT2D eigenvalue weighted by molar-refractivity contribution is 0.306. The molecule has 4 heteroatoms. The van der Waals surface area contributed by atoms with Crippen LogP contribution in [0.3, 0.4) is 0 Å². The van der Waals surface area contributed by atoms with Gasteiger partial charge in [-0.15, -0.1) is 0 Å². The standard InChI is InChI=1S/C25H22O4/c1-17(2)20-10-6-7-11-22(20)29-24-16-28-23-14-19(12-13-21(23)25(24)26)27-15-18-8-4-3-5-9-18/h3-14,16-17H,15H2,1-2H3.